The van der Waals surface area contributed by atoms with Crippen molar-refractivity contribution in [1.82, 2.24) is 8.87 Å². The van der Waals surface area contributed by atoms with Crippen LogP contribution in [0.1, 0.15) is 15.9 Å². The first kappa shape index (κ1) is 22.9. The number of morpholine rings is 1. The summed E-state index contributed by atoms with van der Waals surface area (Å²) in [5, 5.41) is 0.642. The molecule has 0 radical (unpaired) electrons. The van der Waals surface area contributed by atoms with Gasteiger partial charge in [-0.1, -0.05) is 29.0 Å². The predicted molar refractivity (Wildman–Crippen MR) is 126 cm³/mol. The first-order valence-electron chi connectivity index (χ1n) is 9.99. The third-order valence-electron chi connectivity index (χ3n) is 5.25. The number of benzene rings is 2. The number of aryl methyl sites for hydroxylation is 1. The second kappa shape index (κ2) is 9.29. The van der Waals surface area contributed by atoms with Gasteiger partial charge in [0, 0.05) is 30.2 Å². The largest absolute Gasteiger partial charge is 0.379 e. The minimum absolute atomic E-state index is 0.143. The molecular weight excluding hydrogens is 470 g/mol. The number of hydrogen-bond acceptors (Lipinski definition) is 5. The Morgan fingerprint density at radius 2 is 1.91 bits per heavy atom. The Hall–Kier alpha value is -2.30. The number of carbonyl (C=O) groups excluding carboxylic acids is 1. The molecule has 0 unspecified atom stereocenters. The Morgan fingerprint density at radius 1 is 1.22 bits per heavy atom. The molecule has 3 aromatic rings. The SMILES string of the molecule is C=CCn1c(=NC(=O)c2ccc(S(=O)(=O)N3CCOCC3)cc2)sc2ccc(Cl)c(C)c21. The van der Waals surface area contributed by atoms with Gasteiger partial charge in [0.25, 0.3) is 5.91 Å². The number of allylic oxidation sites excluding steroid dienone is 1. The molecule has 0 atom stereocenters. The van der Waals surface area contributed by atoms with Crippen LogP contribution in [0.4, 0.5) is 0 Å². The van der Waals surface area contributed by atoms with Gasteiger partial charge in [0.05, 0.1) is 28.3 Å². The van der Waals surface area contributed by atoms with Crippen molar-refractivity contribution in [1.29, 1.82) is 0 Å². The van der Waals surface area contributed by atoms with Gasteiger partial charge in [-0.05, 0) is 48.9 Å². The molecule has 2 aromatic carbocycles. The lowest BCUT2D eigenvalue weighted by Gasteiger charge is -2.26. The van der Waals surface area contributed by atoms with Crippen LogP contribution in [-0.2, 0) is 21.3 Å². The number of nitrogens with zero attached hydrogens (tertiary/aromatic N) is 3. The molecular formula is C22H22ClN3O4S2. The zero-order valence-electron chi connectivity index (χ0n) is 17.5. The van der Waals surface area contributed by atoms with Gasteiger partial charge < -0.3 is 9.30 Å². The topological polar surface area (TPSA) is 81.0 Å². The number of amides is 1. The summed E-state index contributed by atoms with van der Waals surface area (Å²) in [4.78, 5) is 17.8. The standard InChI is InChI=1S/C22H22ClN3O4S2/c1-3-10-26-20-15(2)18(23)8-9-19(20)31-22(26)24-21(27)16-4-6-17(7-5-16)32(28,29)25-11-13-30-14-12-25/h3-9H,1,10-14H2,2H3. The molecule has 1 aliphatic heterocycles. The van der Waals surface area contributed by atoms with Gasteiger partial charge >= 0.3 is 0 Å². The predicted octanol–water partition coefficient (Wildman–Crippen LogP) is 3.61. The number of rotatable bonds is 5. The fourth-order valence-corrected chi connectivity index (χ4v) is 6.21. The van der Waals surface area contributed by atoms with Crippen molar-refractivity contribution in [2.75, 3.05) is 26.3 Å². The summed E-state index contributed by atoms with van der Waals surface area (Å²) in [6.07, 6.45) is 1.74. The molecule has 0 spiro atoms. The highest BCUT2D eigenvalue weighted by Crippen LogP contribution is 2.27. The first-order chi connectivity index (χ1) is 15.3. The minimum Gasteiger partial charge on any atom is -0.379 e. The van der Waals surface area contributed by atoms with Crippen molar-refractivity contribution in [3.05, 3.63) is 70.0 Å². The molecule has 1 saturated heterocycles. The Labute approximate surface area is 195 Å². The lowest BCUT2D eigenvalue weighted by molar-refractivity contribution is 0.0730. The molecule has 10 heteroatoms. The highest BCUT2D eigenvalue weighted by Gasteiger charge is 2.26. The molecule has 0 aliphatic carbocycles. The molecule has 1 aromatic heterocycles. The van der Waals surface area contributed by atoms with E-state index in [9.17, 15) is 13.2 Å². The van der Waals surface area contributed by atoms with Gasteiger partial charge in [-0.2, -0.15) is 9.30 Å². The minimum atomic E-state index is -3.62. The lowest BCUT2D eigenvalue weighted by Crippen LogP contribution is -2.40. The number of thiazole rings is 1. The molecule has 168 valence electrons. The van der Waals surface area contributed by atoms with E-state index in [1.54, 1.807) is 6.08 Å². The van der Waals surface area contributed by atoms with Crippen molar-refractivity contribution in [3.8, 4) is 0 Å². The average molecular weight is 492 g/mol. The highest BCUT2D eigenvalue weighted by atomic mass is 35.5. The number of halogens is 1. The van der Waals surface area contributed by atoms with E-state index in [1.165, 1.54) is 39.9 Å². The number of hydrogen-bond donors (Lipinski definition) is 0. The number of fused-ring (bicyclic) bond motifs is 1. The third-order valence-corrected chi connectivity index (χ3v) is 8.61. The Balaban J connectivity index is 1.68. The van der Waals surface area contributed by atoms with E-state index < -0.39 is 15.9 Å². The molecule has 1 aliphatic rings. The third kappa shape index (κ3) is 4.31. The summed E-state index contributed by atoms with van der Waals surface area (Å²) >= 11 is 7.68. The normalized spacial score (nSPS) is 15.9. The van der Waals surface area contributed by atoms with Gasteiger partial charge in [-0.15, -0.1) is 6.58 Å². The van der Waals surface area contributed by atoms with Crippen LogP contribution in [0.15, 0.2) is 58.9 Å². The molecule has 2 heterocycles. The number of sulfonamides is 1. The summed E-state index contributed by atoms with van der Waals surface area (Å²) in [7, 11) is -3.62. The number of carbonyl (C=O) groups is 1. The highest BCUT2D eigenvalue weighted by molar-refractivity contribution is 7.89. The molecule has 1 fully saturated rings. The van der Waals surface area contributed by atoms with Crippen molar-refractivity contribution in [2.45, 2.75) is 18.4 Å². The molecule has 7 nitrogen and oxygen atoms in total. The van der Waals surface area contributed by atoms with Gasteiger partial charge in [0.1, 0.15) is 0 Å². The van der Waals surface area contributed by atoms with Crippen LogP contribution >= 0.6 is 22.9 Å². The summed E-state index contributed by atoms with van der Waals surface area (Å²) in [6.45, 7) is 7.58. The zero-order valence-corrected chi connectivity index (χ0v) is 19.8. The average Bonchev–Trinajstić information content (AvgIpc) is 3.15. The fourth-order valence-electron chi connectivity index (χ4n) is 3.56. The summed E-state index contributed by atoms with van der Waals surface area (Å²) in [6, 6.07) is 9.61. The summed E-state index contributed by atoms with van der Waals surface area (Å²) in [5.74, 6) is -0.451. The second-order valence-corrected chi connectivity index (χ2v) is 10.6. The molecule has 4 rings (SSSR count). The van der Waals surface area contributed by atoms with Crippen molar-refractivity contribution >= 4 is 49.1 Å². The smallest absolute Gasteiger partial charge is 0.279 e. The molecule has 0 bridgehead atoms. The summed E-state index contributed by atoms with van der Waals surface area (Å²) < 4.78 is 35.0. The van der Waals surface area contributed by atoms with E-state index in [2.05, 4.69) is 11.6 Å². The maximum Gasteiger partial charge on any atom is 0.279 e. The van der Waals surface area contributed by atoms with E-state index in [-0.39, 0.29) is 4.90 Å². The molecule has 0 N–H and O–H groups in total. The van der Waals surface area contributed by atoms with Crippen LogP contribution in [0.3, 0.4) is 0 Å². The first-order valence-corrected chi connectivity index (χ1v) is 12.6. The van der Waals surface area contributed by atoms with Gasteiger partial charge in [-0.25, -0.2) is 8.42 Å². The van der Waals surface area contributed by atoms with Crippen LogP contribution in [0.5, 0.6) is 0 Å². The van der Waals surface area contributed by atoms with Crippen LogP contribution in [0, 0.1) is 6.92 Å². The number of ether oxygens (including phenoxy) is 1. The van der Waals surface area contributed by atoms with E-state index >= 15 is 0 Å². The van der Waals surface area contributed by atoms with E-state index in [4.69, 9.17) is 16.3 Å². The maximum absolute atomic E-state index is 12.9. The fraction of sp³-hybridized carbons (Fsp3) is 0.273. The van der Waals surface area contributed by atoms with Crippen LogP contribution in [-0.4, -0.2) is 49.5 Å². The van der Waals surface area contributed by atoms with Crippen molar-refractivity contribution < 1.29 is 17.9 Å². The molecule has 32 heavy (non-hydrogen) atoms. The summed E-state index contributed by atoms with van der Waals surface area (Å²) in [5.41, 5.74) is 2.14. The van der Waals surface area contributed by atoms with Crippen molar-refractivity contribution in [2.24, 2.45) is 4.99 Å². The monoisotopic (exact) mass is 491 g/mol. The second-order valence-electron chi connectivity index (χ2n) is 7.26. The molecule has 1 amide bonds. The van der Waals surface area contributed by atoms with Crippen molar-refractivity contribution in [3.63, 3.8) is 0 Å². The Morgan fingerprint density at radius 3 is 2.56 bits per heavy atom. The van der Waals surface area contributed by atoms with Gasteiger partial charge in [0.2, 0.25) is 10.0 Å². The van der Waals surface area contributed by atoms with Crippen LogP contribution in [0.2, 0.25) is 5.02 Å². The maximum atomic E-state index is 12.9. The quantitative estimate of drug-likeness (QED) is 0.510. The van der Waals surface area contributed by atoms with Gasteiger partial charge in [-0.3, -0.25) is 4.79 Å². The van der Waals surface area contributed by atoms with E-state index in [0.29, 0.717) is 48.2 Å². The van der Waals surface area contributed by atoms with E-state index in [1.807, 2.05) is 23.6 Å². The van der Waals surface area contributed by atoms with Crippen LogP contribution in [0.25, 0.3) is 10.2 Å². The lowest BCUT2D eigenvalue weighted by atomic mass is 10.2. The van der Waals surface area contributed by atoms with Gasteiger partial charge in [0.15, 0.2) is 4.80 Å². The van der Waals surface area contributed by atoms with Crippen LogP contribution < -0.4 is 4.80 Å². The zero-order chi connectivity index (χ0) is 22.9. The Bertz CT molecular complexity index is 1350. The molecule has 0 saturated carbocycles. The number of aromatic nitrogens is 1. The Kier molecular flexibility index (Phi) is 6.64. The van der Waals surface area contributed by atoms with E-state index in [0.717, 1.165) is 15.8 Å².